The Morgan fingerprint density at radius 2 is 2.20 bits per heavy atom. The molecule has 2 atom stereocenters. The molecule has 0 bridgehead atoms. The number of aliphatic hydroxyl groups is 1. The summed E-state index contributed by atoms with van der Waals surface area (Å²) in [6, 6.07) is 6.79. The first kappa shape index (κ1) is 12.4. The van der Waals surface area contributed by atoms with Crippen LogP contribution in [-0.2, 0) is 5.60 Å². The lowest BCUT2D eigenvalue weighted by atomic mass is 9.86. The van der Waals surface area contributed by atoms with Crippen LogP contribution < -0.4 is 0 Å². The molecule has 1 aromatic carbocycles. The van der Waals surface area contributed by atoms with Crippen LogP contribution in [0.2, 0.25) is 0 Å². The molecule has 1 N–H and O–H groups in total. The third kappa shape index (κ3) is 1.64. The van der Waals surface area contributed by atoms with Crippen LogP contribution in [0.25, 0.3) is 11.0 Å². The van der Waals surface area contributed by atoms with E-state index in [0.29, 0.717) is 12.2 Å². The van der Waals surface area contributed by atoms with Crippen molar-refractivity contribution in [3.63, 3.8) is 0 Å². The molecular weight excluding hydrogens is 257 g/mol. The lowest BCUT2D eigenvalue weighted by molar-refractivity contribution is -0.0294. The summed E-state index contributed by atoms with van der Waals surface area (Å²) in [6.07, 6.45) is 3.98. The summed E-state index contributed by atoms with van der Waals surface area (Å²) in [5, 5.41) is 11.8. The number of halogens is 1. The second-order valence-corrected chi connectivity index (χ2v) is 5.99. The van der Waals surface area contributed by atoms with Gasteiger partial charge in [-0.2, -0.15) is 0 Å². The molecule has 2 aromatic rings. The third-order valence-corrected chi connectivity index (χ3v) is 4.87. The van der Waals surface area contributed by atoms with E-state index in [1.54, 1.807) is 12.1 Å². The molecule has 1 aromatic heterocycles. The van der Waals surface area contributed by atoms with E-state index in [1.165, 1.54) is 12.5 Å². The fourth-order valence-electron chi connectivity index (χ4n) is 3.81. The van der Waals surface area contributed by atoms with Crippen LogP contribution in [0.5, 0.6) is 0 Å². The smallest absolute Gasteiger partial charge is 0.170 e. The fourth-order valence-corrected chi connectivity index (χ4v) is 3.81. The van der Waals surface area contributed by atoms with Gasteiger partial charge in [-0.3, -0.25) is 4.90 Å². The minimum Gasteiger partial charge on any atom is -0.455 e. The van der Waals surface area contributed by atoms with Gasteiger partial charge in [0, 0.05) is 18.0 Å². The molecule has 2 aliphatic rings. The zero-order chi connectivity index (χ0) is 13.7. The van der Waals surface area contributed by atoms with Crippen molar-refractivity contribution in [1.29, 1.82) is 0 Å². The van der Waals surface area contributed by atoms with Crippen LogP contribution in [-0.4, -0.2) is 29.1 Å². The van der Waals surface area contributed by atoms with Crippen molar-refractivity contribution in [1.82, 2.24) is 4.90 Å². The second-order valence-electron chi connectivity index (χ2n) is 5.99. The predicted octanol–water partition coefficient (Wildman–Crippen LogP) is 3.02. The lowest BCUT2D eigenvalue weighted by Crippen LogP contribution is -2.44. The maximum Gasteiger partial charge on any atom is 0.170 e. The number of hydrogen-bond donors (Lipinski definition) is 1. The average Bonchev–Trinajstić information content (AvgIpc) is 3.04. The standard InChI is InChI=1S/C16H18FNO2/c17-12-5-3-4-11-10-14(20-15(11)12)16(19)7-9-18-8-2-1-6-13(16)18/h3-5,10,13,19H,1-2,6-9H2. The number of hydrogen-bond acceptors (Lipinski definition) is 3. The van der Waals surface area contributed by atoms with Crippen molar-refractivity contribution >= 4 is 11.0 Å². The maximum absolute atomic E-state index is 13.8. The first-order valence-corrected chi connectivity index (χ1v) is 7.33. The summed E-state index contributed by atoms with van der Waals surface area (Å²) in [7, 11) is 0. The van der Waals surface area contributed by atoms with Crippen molar-refractivity contribution in [3.05, 3.63) is 35.8 Å². The molecule has 0 amide bonds. The Labute approximate surface area is 117 Å². The van der Waals surface area contributed by atoms with Gasteiger partial charge >= 0.3 is 0 Å². The average molecular weight is 275 g/mol. The molecular formula is C16H18FNO2. The van der Waals surface area contributed by atoms with Gasteiger partial charge in [-0.25, -0.2) is 4.39 Å². The highest BCUT2D eigenvalue weighted by molar-refractivity contribution is 5.78. The second kappa shape index (κ2) is 4.30. The Balaban J connectivity index is 1.79. The van der Waals surface area contributed by atoms with E-state index >= 15 is 0 Å². The molecule has 2 saturated heterocycles. The SMILES string of the molecule is OC1(c2cc3cccc(F)c3o2)CCN2CCCCC21. The Morgan fingerprint density at radius 3 is 3.05 bits per heavy atom. The number of rotatable bonds is 1. The molecule has 4 rings (SSSR count). The molecule has 3 nitrogen and oxygen atoms in total. The molecule has 2 fully saturated rings. The summed E-state index contributed by atoms with van der Waals surface area (Å²) in [5.74, 6) is 0.155. The van der Waals surface area contributed by atoms with Crippen LogP contribution in [0.15, 0.2) is 28.7 Å². The van der Waals surface area contributed by atoms with Crippen molar-refractivity contribution in [2.75, 3.05) is 13.1 Å². The van der Waals surface area contributed by atoms with Crippen molar-refractivity contribution in [2.45, 2.75) is 37.3 Å². The number of furan rings is 1. The molecule has 0 aliphatic carbocycles. The van der Waals surface area contributed by atoms with Crippen LogP contribution in [0.3, 0.4) is 0 Å². The first-order chi connectivity index (χ1) is 9.68. The molecule has 2 aliphatic heterocycles. The van der Waals surface area contributed by atoms with Crippen molar-refractivity contribution in [3.8, 4) is 0 Å². The minimum absolute atomic E-state index is 0.111. The maximum atomic E-state index is 13.8. The zero-order valence-corrected chi connectivity index (χ0v) is 11.3. The van der Waals surface area contributed by atoms with Gasteiger partial charge in [-0.15, -0.1) is 0 Å². The number of para-hydroxylation sites is 1. The van der Waals surface area contributed by atoms with E-state index in [-0.39, 0.29) is 17.4 Å². The molecule has 0 radical (unpaired) electrons. The third-order valence-electron chi connectivity index (χ3n) is 4.87. The van der Waals surface area contributed by atoms with Gasteiger partial charge in [0.15, 0.2) is 11.4 Å². The Kier molecular flexibility index (Phi) is 2.66. The van der Waals surface area contributed by atoms with Gasteiger partial charge in [0.05, 0.1) is 0 Å². The largest absolute Gasteiger partial charge is 0.455 e. The van der Waals surface area contributed by atoms with E-state index in [4.69, 9.17) is 4.42 Å². The van der Waals surface area contributed by atoms with Gasteiger partial charge in [0.2, 0.25) is 0 Å². The summed E-state index contributed by atoms with van der Waals surface area (Å²) in [5.41, 5.74) is -0.712. The van der Waals surface area contributed by atoms with E-state index in [2.05, 4.69) is 4.90 Å². The van der Waals surface area contributed by atoms with Crippen LogP contribution in [0, 0.1) is 5.82 Å². The molecule has 2 unspecified atom stereocenters. The van der Waals surface area contributed by atoms with E-state index in [0.717, 1.165) is 31.3 Å². The Hall–Kier alpha value is -1.39. The highest BCUT2D eigenvalue weighted by atomic mass is 19.1. The van der Waals surface area contributed by atoms with Crippen molar-refractivity contribution in [2.24, 2.45) is 0 Å². The molecule has 20 heavy (non-hydrogen) atoms. The van der Waals surface area contributed by atoms with Crippen LogP contribution in [0.4, 0.5) is 4.39 Å². The van der Waals surface area contributed by atoms with Crippen LogP contribution in [0.1, 0.15) is 31.4 Å². The van der Waals surface area contributed by atoms with Gasteiger partial charge in [0.1, 0.15) is 11.4 Å². The van der Waals surface area contributed by atoms with E-state index < -0.39 is 5.60 Å². The normalized spacial score (nSPS) is 30.8. The topological polar surface area (TPSA) is 36.6 Å². The monoisotopic (exact) mass is 275 g/mol. The van der Waals surface area contributed by atoms with E-state index in [9.17, 15) is 9.50 Å². The fraction of sp³-hybridized carbons (Fsp3) is 0.500. The van der Waals surface area contributed by atoms with Crippen molar-refractivity contribution < 1.29 is 13.9 Å². The molecule has 4 heteroatoms. The molecule has 0 saturated carbocycles. The van der Waals surface area contributed by atoms with Gasteiger partial charge < -0.3 is 9.52 Å². The van der Waals surface area contributed by atoms with Gasteiger partial charge in [-0.05, 0) is 37.9 Å². The van der Waals surface area contributed by atoms with E-state index in [1.807, 2.05) is 6.07 Å². The first-order valence-electron chi connectivity index (χ1n) is 7.33. The number of benzene rings is 1. The number of nitrogens with zero attached hydrogens (tertiary/aromatic N) is 1. The summed E-state index contributed by atoms with van der Waals surface area (Å²) < 4.78 is 19.4. The molecule has 3 heterocycles. The molecule has 106 valence electrons. The molecule has 0 spiro atoms. The van der Waals surface area contributed by atoms with Gasteiger partial charge in [-0.1, -0.05) is 18.6 Å². The highest BCUT2D eigenvalue weighted by Crippen LogP contribution is 2.43. The Morgan fingerprint density at radius 1 is 1.30 bits per heavy atom. The zero-order valence-electron chi connectivity index (χ0n) is 11.3. The highest BCUT2D eigenvalue weighted by Gasteiger charge is 2.50. The quantitative estimate of drug-likeness (QED) is 0.869. The summed E-state index contributed by atoms with van der Waals surface area (Å²) in [6.45, 7) is 1.93. The summed E-state index contributed by atoms with van der Waals surface area (Å²) in [4.78, 5) is 2.34. The Bertz CT molecular complexity index is 653. The number of fused-ring (bicyclic) bond motifs is 2. The minimum atomic E-state index is -0.966. The van der Waals surface area contributed by atoms with Gasteiger partial charge in [0.25, 0.3) is 0 Å². The predicted molar refractivity (Wildman–Crippen MR) is 73.9 cm³/mol. The van der Waals surface area contributed by atoms with Crippen LogP contribution >= 0.6 is 0 Å². The summed E-state index contributed by atoms with van der Waals surface area (Å²) >= 11 is 0. The number of piperidine rings is 1. The lowest BCUT2D eigenvalue weighted by Gasteiger charge is -2.36.